The van der Waals surface area contributed by atoms with Crippen LogP contribution in [0.15, 0.2) is 24.3 Å². The van der Waals surface area contributed by atoms with Crippen molar-refractivity contribution in [1.82, 2.24) is 5.32 Å². The lowest BCUT2D eigenvalue weighted by Gasteiger charge is -2.23. The van der Waals surface area contributed by atoms with Gasteiger partial charge in [0.1, 0.15) is 6.54 Å². The molecule has 1 fully saturated rings. The zero-order valence-corrected chi connectivity index (χ0v) is 15.2. The van der Waals surface area contributed by atoms with E-state index in [0.29, 0.717) is 5.92 Å². The lowest BCUT2D eigenvalue weighted by Crippen LogP contribution is -2.43. The molecule has 0 unspecified atom stereocenters. The molecule has 0 saturated heterocycles. The van der Waals surface area contributed by atoms with Gasteiger partial charge in [-0.2, -0.15) is 0 Å². The van der Waals surface area contributed by atoms with Gasteiger partial charge < -0.3 is 10.2 Å². The number of hydrogen-bond acceptors (Lipinski definition) is 2. The van der Waals surface area contributed by atoms with E-state index in [1.807, 2.05) is 24.3 Å². The molecule has 0 bridgehead atoms. The van der Waals surface area contributed by atoms with E-state index in [2.05, 4.69) is 19.2 Å². The Kier molecular flexibility index (Phi) is 6.83. The number of carbonyl (C=O) groups is 2. The molecule has 2 rings (SSSR count). The van der Waals surface area contributed by atoms with Crippen molar-refractivity contribution in [2.45, 2.75) is 71.3 Å². The van der Waals surface area contributed by atoms with Crippen molar-refractivity contribution in [3.8, 4) is 0 Å². The van der Waals surface area contributed by atoms with E-state index in [1.165, 1.54) is 38.2 Å². The molecule has 1 aliphatic carbocycles. The molecule has 1 aromatic rings. The van der Waals surface area contributed by atoms with E-state index in [9.17, 15) is 9.59 Å². The van der Waals surface area contributed by atoms with Crippen molar-refractivity contribution < 1.29 is 9.59 Å². The van der Waals surface area contributed by atoms with Gasteiger partial charge in [0.05, 0.1) is 0 Å². The Morgan fingerprint density at radius 1 is 1.08 bits per heavy atom. The first-order valence-electron chi connectivity index (χ1n) is 9.15. The van der Waals surface area contributed by atoms with Gasteiger partial charge >= 0.3 is 0 Å². The fourth-order valence-electron chi connectivity index (χ4n) is 3.26. The summed E-state index contributed by atoms with van der Waals surface area (Å²) in [7, 11) is 0. The number of nitrogens with zero attached hydrogens (tertiary/aromatic N) is 1. The molecule has 132 valence electrons. The summed E-state index contributed by atoms with van der Waals surface area (Å²) in [4.78, 5) is 25.9. The number of anilines is 1. The van der Waals surface area contributed by atoms with Crippen molar-refractivity contribution in [3.05, 3.63) is 29.8 Å². The Bertz CT molecular complexity index is 543. The van der Waals surface area contributed by atoms with Crippen LogP contribution in [-0.2, 0) is 9.59 Å². The van der Waals surface area contributed by atoms with Crippen LogP contribution in [0.3, 0.4) is 0 Å². The highest BCUT2D eigenvalue weighted by Crippen LogP contribution is 2.21. The van der Waals surface area contributed by atoms with Crippen LogP contribution >= 0.6 is 0 Å². The zero-order valence-electron chi connectivity index (χ0n) is 15.2. The summed E-state index contributed by atoms with van der Waals surface area (Å²) in [5.74, 6) is 0.275. The van der Waals surface area contributed by atoms with Crippen LogP contribution in [0, 0.1) is 0 Å². The molecule has 2 amide bonds. The number of nitrogens with one attached hydrogen (secondary N) is 1. The summed E-state index contributed by atoms with van der Waals surface area (Å²) in [6.45, 7) is 5.87. The van der Waals surface area contributed by atoms with Crippen molar-refractivity contribution in [2.75, 3.05) is 11.4 Å². The second-order valence-electron chi connectivity index (χ2n) is 7.11. The van der Waals surface area contributed by atoms with Crippen LogP contribution in [0.5, 0.6) is 0 Å². The number of hydrogen-bond donors (Lipinski definition) is 1. The molecule has 1 N–H and O–H groups in total. The topological polar surface area (TPSA) is 49.4 Å². The average Bonchev–Trinajstić information content (AvgIpc) is 2.81. The van der Waals surface area contributed by atoms with Crippen molar-refractivity contribution in [2.24, 2.45) is 0 Å². The highest BCUT2D eigenvalue weighted by atomic mass is 16.2. The normalized spacial score (nSPS) is 15.8. The Hall–Kier alpha value is -1.84. The summed E-state index contributed by atoms with van der Waals surface area (Å²) in [6, 6.07) is 8.17. The van der Waals surface area contributed by atoms with Crippen molar-refractivity contribution in [1.29, 1.82) is 0 Å². The fraction of sp³-hybridized carbons (Fsp3) is 0.600. The lowest BCUT2D eigenvalue weighted by molar-refractivity contribution is -0.123. The zero-order chi connectivity index (χ0) is 17.5. The quantitative estimate of drug-likeness (QED) is 0.830. The van der Waals surface area contributed by atoms with Crippen molar-refractivity contribution >= 4 is 17.5 Å². The van der Waals surface area contributed by atoms with E-state index >= 15 is 0 Å². The predicted molar refractivity (Wildman–Crippen MR) is 98.2 cm³/mol. The van der Waals surface area contributed by atoms with Gasteiger partial charge in [-0.1, -0.05) is 51.7 Å². The van der Waals surface area contributed by atoms with Crippen LogP contribution in [0.2, 0.25) is 0 Å². The molecule has 1 saturated carbocycles. The summed E-state index contributed by atoms with van der Waals surface area (Å²) in [5.41, 5.74) is 2.01. The van der Waals surface area contributed by atoms with E-state index in [4.69, 9.17) is 0 Å². The first-order chi connectivity index (χ1) is 11.5. The highest BCUT2D eigenvalue weighted by molar-refractivity contribution is 5.97. The van der Waals surface area contributed by atoms with Gasteiger partial charge in [0.15, 0.2) is 0 Å². The molecular formula is C20H30N2O2. The predicted octanol–water partition coefficient (Wildman–Crippen LogP) is 4.00. The van der Waals surface area contributed by atoms with Gasteiger partial charge in [-0.15, -0.1) is 0 Å². The first kappa shape index (κ1) is 18.5. The number of rotatable bonds is 5. The van der Waals surface area contributed by atoms with Crippen LogP contribution < -0.4 is 10.2 Å². The summed E-state index contributed by atoms with van der Waals surface area (Å²) in [5, 5.41) is 3.11. The van der Waals surface area contributed by atoms with E-state index < -0.39 is 0 Å². The van der Waals surface area contributed by atoms with Gasteiger partial charge in [0.2, 0.25) is 11.8 Å². The highest BCUT2D eigenvalue weighted by Gasteiger charge is 2.19. The Morgan fingerprint density at radius 2 is 1.67 bits per heavy atom. The molecule has 4 heteroatoms. The smallest absolute Gasteiger partial charge is 0.240 e. The maximum Gasteiger partial charge on any atom is 0.240 e. The Morgan fingerprint density at radius 3 is 2.17 bits per heavy atom. The monoisotopic (exact) mass is 330 g/mol. The SMILES string of the molecule is CC(=O)N(CC(=O)NC1CCCCCC1)c1ccc(C(C)C)cc1. The van der Waals surface area contributed by atoms with Gasteiger partial charge in [0, 0.05) is 18.7 Å². The van der Waals surface area contributed by atoms with E-state index in [0.717, 1.165) is 18.5 Å². The Balaban J connectivity index is 1.99. The van der Waals surface area contributed by atoms with Gasteiger partial charge in [-0.05, 0) is 36.5 Å². The molecule has 1 aliphatic rings. The largest absolute Gasteiger partial charge is 0.352 e. The summed E-state index contributed by atoms with van der Waals surface area (Å²) in [6.07, 6.45) is 6.97. The van der Waals surface area contributed by atoms with Gasteiger partial charge in [-0.25, -0.2) is 0 Å². The molecule has 0 aromatic heterocycles. The molecule has 0 atom stereocenters. The molecular weight excluding hydrogens is 300 g/mol. The average molecular weight is 330 g/mol. The molecule has 24 heavy (non-hydrogen) atoms. The maximum atomic E-state index is 12.4. The maximum absolute atomic E-state index is 12.4. The van der Waals surface area contributed by atoms with E-state index in [1.54, 1.807) is 4.90 Å². The minimum Gasteiger partial charge on any atom is -0.352 e. The first-order valence-corrected chi connectivity index (χ1v) is 9.15. The molecule has 1 aromatic carbocycles. The van der Waals surface area contributed by atoms with Crippen molar-refractivity contribution in [3.63, 3.8) is 0 Å². The second kappa shape index (κ2) is 8.86. The number of benzene rings is 1. The van der Waals surface area contributed by atoms with Crippen LogP contribution in [0.1, 0.15) is 70.8 Å². The minimum absolute atomic E-state index is 0.0648. The van der Waals surface area contributed by atoms with E-state index in [-0.39, 0.29) is 24.4 Å². The molecule has 0 aliphatic heterocycles. The number of carbonyl (C=O) groups excluding carboxylic acids is 2. The third-order valence-electron chi connectivity index (χ3n) is 4.77. The van der Waals surface area contributed by atoms with Gasteiger partial charge in [0.25, 0.3) is 0 Å². The molecule has 0 heterocycles. The summed E-state index contributed by atoms with van der Waals surface area (Å²) >= 11 is 0. The lowest BCUT2D eigenvalue weighted by atomic mass is 10.0. The van der Waals surface area contributed by atoms with Crippen LogP contribution in [0.4, 0.5) is 5.69 Å². The standard InChI is InChI=1S/C20H30N2O2/c1-15(2)17-10-12-19(13-11-17)22(16(3)23)14-20(24)21-18-8-6-4-5-7-9-18/h10-13,15,18H,4-9,14H2,1-3H3,(H,21,24). The molecule has 0 spiro atoms. The van der Waals surface area contributed by atoms with Crippen LogP contribution in [-0.4, -0.2) is 24.4 Å². The fourth-order valence-corrected chi connectivity index (χ4v) is 3.26. The summed E-state index contributed by atoms with van der Waals surface area (Å²) < 4.78 is 0. The second-order valence-corrected chi connectivity index (χ2v) is 7.11. The third kappa shape index (κ3) is 5.36. The third-order valence-corrected chi connectivity index (χ3v) is 4.77. The molecule has 4 nitrogen and oxygen atoms in total. The van der Waals surface area contributed by atoms with Crippen LogP contribution in [0.25, 0.3) is 0 Å². The minimum atomic E-state index is -0.108. The van der Waals surface area contributed by atoms with Gasteiger partial charge in [-0.3, -0.25) is 9.59 Å². The Labute approximate surface area is 145 Å². The molecule has 0 radical (unpaired) electrons. The number of amides is 2.